The Morgan fingerprint density at radius 3 is 2.41 bits per heavy atom. The van der Waals surface area contributed by atoms with Gasteiger partial charge in [-0.1, -0.05) is 42.0 Å². The maximum Gasteiger partial charge on any atom is 0.262 e. The summed E-state index contributed by atoms with van der Waals surface area (Å²) in [7, 11) is 0. The molecule has 5 rings (SSSR count). The normalized spacial score (nSPS) is 25.6. The molecule has 3 amide bonds. The number of carbonyl (C=O) groups excluding carboxylic acids is 3. The molecular weight excluding hydrogens is 406 g/mol. The van der Waals surface area contributed by atoms with Gasteiger partial charge in [0.05, 0.1) is 18.1 Å². The number of para-hydroxylation sites is 1. The molecule has 2 bridgehead atoms. The zero-order valence-corrected chi connectivity index (χ0v) is 17.6. The summed E-state index contributed by atoms with van der Waals surface area (Å²) >= 11 is 0. The monoisotopic (exact) mass is 429 g/mol. The standard InChI is InChI=1S/C25H23N3O4/c1-15-6-10-19(11-7-15)27-21(29)14-32-20-5-3-2-4-18(20)13-26-28-24(30)22-16-8-9-17(12-16)23(22)25(28)31/h2-11,13,16-17,22-23H,12,14H2,1H3,(H,27,29). The Labute approximate surface area is 185 Å². The number of allylic oxidation sites excluding steroid dienone is 2. The number of hydrogen-bond donors (Lipinski definition) is 1. The summed E-state index contributed by atoms with van der Waals surface area (Å²) in [6.07, 6.45) is 6.43. The molecule has 7 nitrogen and oxygen atoms in total. The van der Waals surface area contributed by atoms with Crippen LogP contribution in [0.4, 0.5) is 5.69 Å². The number of hydrogen-bond acceptors (Lipinski definition) is 5. The van der Waals surface area contributed by atoms with Gasteiger partial charge in [-0.05, 0) is 49.4 Å². The van der Waals surface area contributed by atoms with Gasteiger partial charge in [-0.25, -0.2) is 0 Å². The van der Waals surface area contributed by atoms with Crippen LogP contribution in [0.3, 0.4) is 0 Å². The minimum Gasteiger partial charge on any atom is -0.483 e. The lowest BCUT2D eigenvalue weighted by Crippen LogP contribution is -2.28. The number of amides is 3. The smallest absolute Gasteiger partial charge is 0.262 e. The Balaban J connectivity index is 1.24. The van der Waals surface area contributed by atoms with Crippen LogP contribution in [0.25, 0.3) is 0 Å². The Bertz CT molecular complexity index is 1110. The first-order chi connectivity index (χ1) is 15.5. The summed E-state index contributed by atoms with van der Waals surface area (Å²) < 4.78 is 5.68. The number of imide groups is 1. The van der Waals surface area contributed by atoms with Crippen LogP contribution >= 0.6 is 0 Å². The molecule has 1 saturated heterocycles. The molecule has 1 heterocycles. The lowest BCUT2D eigenvalue weighted by atomic mass is 9.85. The van der Waals surface area contributed by atoms with Crippen LogP contribution in [0.1, 0.15) is 17.5 Å². The molecule has 3 aliphatic rings. The molecule has 2 aromatic rings. The Morgan fingerprint density at radius 1 is 1.06 bits per heavy atom. The van der Waals surface area contributed by atoms with Gasteiger partial charge < -0.3 is 10.1 Å². The number of anilines is 1. The fraction of sp³-hybridized carbons (Fsp3) is 0.280. The van der Waals surface area contributed by atoms with Gasteiger partial charge in [0.25, 0.3) is 17.7 Å². The molecular formula is C25H23N3O4. The predicted octanol–water partition coefficient (Wildman–Crippen LogP) is 3.15. The van der Waals surface area contributed by atoms with Gasteiger partial charge in [0.2, 0.25) is 0 Å². The van der Waals surface area contributed by atoms with Crippen LogP contribution < -0.4 is 10.1 Å². The molecule has 0 radical (unpaired) electrons. The molecule has 1 saturated carbocycles. The molecule has 1 aliphatic heterocycles. The highest BCUT2D eigenvalue weighted by atomic mass is 16.5. The fourth-order valence-electron chi connectivity index (χ4n) is 4.82. The first-order valence-corrected chi connectivity index (χ1v) is 10.7. The zero-order valence-electron chi connectivity index (χ0n) is 17.6. The van der Waals surface area contributed by atoms with E-state index in [1.165, 1.54) is 6.21 Å². The lowest BCUT2D eigenvalue weighted by Gasteiger charge is -2.13. The number of ether oxygens (including phenoxy) is 1. The van der Waals surface area contributed by atoms with E-state index in [1.807, 2.05) is 31.2 Å². The van der Waals surface area contributed by atoms with E-state index in [9.17, 15) is 14.4 Å². The highest BCUT2D eigenvalue weighted by molar-refractivity contribution is 6.07. The summed E-state index contributed by atoms with van der Waals surface area (Å²) in [4.78, 5) is 37.8. The number of rotatable bonds is 6. The second-order valence-electron chi connectivity index (χ2n) is 8.47. The maximum atomic E-state index is 12.8. The third-order valence-corrected chi connectivity index (χ3v) is 6.37. The first-order valence-electron chi connectivity index (χ1n) is 10.7. The Kier molecular flexibility index (Phi) is 5.09. The van der Waals surface area contributed by atoms with Gasteiger partial charge in [-0.15, -0.1) is 0 Å². The van der Waals surface area contributed by atoms with Gasteiger partial charge >= 0.3 is 0 Å². The molecule has 162 valence electrons. The average Bonchev–Trinajstić information content (AvgIpc) is 3.47. The highest BCUT2D eigenvalue weighted by Crippen LogP contribution is 2.52. The molecule has 2 fully saturated rings. The van der Waals surface area contributed by atoms with E-state index in [-0.39, 0.29) is 48.0 Å². The molecule has 4 unspecified atom stereocenters. The maximum absolute atomic E-state index is 12.8. The van der Waals surface area contributed by atoms with Crippen molar-refractivity contribution in [2.24, 2.45) is 28.8 Å². The van der Waals surface area contributed by atoms with Crippen molar-refractivity contribution >= 4 is 29.6 Å². The van der Waals surface area contributed by atoms with Crippen molar-refractivity contribution in [3.63, 3.8) is 0 Å². The largest absolute Gasteiger partial charge is 0.483 e. The van der Waals surface area contributed by atoms with E-state index < -0.39 is 0 Å². The first kappa shape index (κ1) is 20.2. The van der Waals surface area contributed by atoms with E-state index in [0.717, 1.165) is 17.0 Å². The summed E-state index contributed by atoms with van der Waals surface area (Å²) in [5.74, 6) is -0.600. The lowest BCUT2D eigenvalue weighted by molar-refractivity contribution is -0.140. The predicted molar refractivity (Wildman–Crippen MR) is 119 cm³/mol. The van der Waals surface area contributed by atoms with E-state index in [0.29, 0.717) is 17.0 Å². The molecule has 0 aromatic heterocycles. The van der Waals surface area contributed by atoms with Gasteiger partial charge in [0, 0.05) is 11.3 Å². The second-order valence-corrected chi connectivity index (χ2v) is 8.47. The minimum absolute atomic E-state index is 0.143. The van der Waals surface area contributed by atoms with E-state index in [2.05, 4.69) is 22.6 Å². The number of benzene rings is 2. The van der Waals surface area contributed by atoms with Crippen molar-refractivity contribution in [3.05, 3.63) is 71.8 Å². The molecule has 2 aliphatic carbocycles. The minimum atomic E-state index is -0.290. The van der Waals surface area contributed by atoms with Crippen molar-refractivity contribution in [3.8, 4) is 5.75 Å². The summed E-state index contributed by atoms with van der Waals surface area (Å²) in [6.45, 7) is 1.80. The highest BCUT2D eigenvalue weighted by Gasteiger charge is 2.59. The molecule has 32 heavy (non-hydrogen) atoms. The zero-order chi connectivity index (χ0) is 22.2. The van der Waals surface area contributed by atoms with Crippen LogP contribution in [0.5, 0.6) is 5.75 Å². The number of nitrogens with zero attached hydrogens (tertiary/aromatic N) is 2. The van der Waals surface area contributed by atoms with E-state index in [4.69, 9.17) is 4.74 Å². The summed E-state index contributed by atoms with van der Waals surface area (Å²) in [6, 6.07) is 14.5. The van der Waals surface area contributed by atoms with Gasteiger partial charge in [-0.2, -0.15) is 10.1 Å². The van der Waals surface area contributed by atoms with Crippen molar-refractivity contribution < 1.29 is 19.1 Å². The van der Waals surface area contributed by atoms with Crippen molar-refractivity contribution in [1.82, 2.24) is 5.01 Å². The van der Waals surface area contributed by atoms with Crippen LogP contribution in [-0.4, -0.2) is 35.6 Å². The summed E-state index contributed by atoms with van der Waals surface area (Å²) in [5.41, 5.74) is 2.38. The molecule has 0 spiro atoms. The van der Waals surface area contributed by atoms with Crippen LogP contribution in [0.2, 0.25) is 0 Å². The number of carbonyl (C=O) groups is 3. The number of fused-ring (bicyclic) bond motifs is 5. The van der Waals surface area contributed by atoms with Crippen LogP contribution in [0, 0.1) is 30.6 Å². The Hall–Kier alpha value is -3.74. The Morgan fingerprint density at radius 2 is 1.72 bits per heavy atom. The van der Waals surface area contributed by atoms with Crippen molar-refractivity contribution in [1.29, 1.82) is 0 Å². The van der Waals surface area contributed by atoms with E-state index in [1.54, 1.807) is 24.3 Å². The SMILES string of the molecule is Cc1ccc(NC(=O)COc2ccccc2C=NN2C(=O)C3C4C=CC(C4)C3C2=O)cc1. The third-order valence-electron chi connectivity index (χ3n) is 6.37. The molecule has 1 N–H and O–H groups in total. The molecule has 4 atom stereocenters. The number of nitrogens with one attached hydrogen (secondary N) is 1. The van der Waals surface area contributed by atoms with Crippen molar-refractivity contribution in [2.75, 3.05) is 11.9 Å². The number of aryl methyl sites for hydroxylation is 1. The topological polar surface area (TPSA) is 88.1 Å². The summed E-state index contributed by atoms with van der Waals surface area (Å²) in [5, 5.41) is 7.98. The average molecular weight is 429 g/mol. The van der Waals surface area contributed by atoms with E-state index >= 15 is 0 Å². The van der Waals surface area contributed by atoms with Gasteiger partial charge in [0.15, 0.2) is 6.61 Å². The number of hydrazone groups is 1. The van der Waals surface area contributed by atoms with Crippen LogP contribution in [-0.2, 0) is 14.4 Å². The molecule has 2 aromatic carbocycles. The van der Waals surface area contributed by atoms with Gasteiger partial charge in [0.1, 0.15) is 5.75 Å². The van der Waals surface area contributed by atoms with Gasteiger partial charge in [-0.3, -0.25) is 14.4 Å². The second kappa shape index (κ2) is 8.07. The van der Waals surface area contributed by atoms with Crippen molar-refractivity contribution in [2.45, 2.75) is 13.3 Å². The third kappa shape index (κ3) is 3.60. The quantitative estimate of drug-likeness (QED) is 0.434. The molecule has 7 heteroatoms. The van der Waals surface area contributed by atoms with Crippen LogP contribution in [0.15, 0.2) is 65.8 Å². The fourth-order valence-corrected chi connectivity index (χ4v) is 4.82.